The van der Waals surface area contributed by atoms with Crippen LogP contribution in [0.4, 0.5) is 0 Å². The van der Waals surface area contributed by atoms with E-state index in [9.17, 15) is 0 Å². The summed E-state index contributed by atoms with van der Waals surface area (Å²) in [5.41, 5.74) is 6.18. The second-order valence-corrected chi connectivity index (χ2v) is 7.15. The van der Waals surface area contributed by atoms with Crippen LogP contribution in [0, 0.1) is 0 Å². The van der Waals surface area contributed by atoms with Gasteiger partial charge in [-0.1, -0.05) is 13.3 Å². The van der Waals surface area contributed by atoms with Gasteiger partial charge in [0.25, 0.3) is 0 Å². The largest absolute Gasteiger partial charge is 0.328 e. The van der Waals surface area contributed by atoms with E-state index < -0.39 is 0 Å². The van der Waals surface area contributed by atoms with Crippen LogP contribution < -0.4 is 5.73 Å². The van der Waals surface area contributed by atoms with E-state index in [-0.39, 0.29) is 0 Å². The summed E-state index contributed by atoms with van der Waals surface area (Å²) < 4.78 is 0. The van der Waals surface area contributed by atoms with E-state index in [0.29, 0.717) is 6.04 Å². The first-order valence-electron chi connectivity index (χ1n) is 7.33. The van der Waals surface area contributed by atoms with Crippen LogP contribution in [0.3, 0.4) is 0 Å². The van der Waals surface area contributed by atoms with E-state index in [1.54, 1.807) is 0 Å². The van der Waals surface area contributed by atoms with E-state index in [0.717, 1.165) is 18.1 Å². The van der Waals surface area contributed by atoms with Gasteiger partial charge in [0.15, 0.2) is 0 Å². The van der Waals surface area contributed by atoms with Crippen LogP contribution in [0.2, 0.25) is 0 Å². The second kappa shape index (κ2) is 6.44. The number of nitrogens with two attached hydrogens (primary N) is 1. The number of thioether (sulfide) groups is 1. The first kappa shape index (κ1) is 13.7. The van der Waals surface area contributed by atoms with Crippen LogP contribution >= 0.6 is 11.8 Å². The molecule has 0 spiro atoms. The Labute approximate surface area is 111 Å². The Hall–Kier alpha value is 0.270. The quantitative estimate of drug-likeness (QED) is 0.767. The lowest BCUT2D eigenvalue weighted by Crippen LogP contribution is -2.58. The summed E-state index contributed by atoms with van der Waals surface area (Å²) >= 11 is 2.08. The van der Waals surface area contributed by atoms with Crippen LogP contribution in [0.1, 0.15) is 52.4 Å². The maximum Gasteiger partial charge on any atom is 0.0116 e. The van der Waals surface area contributed by atoms with Crippen molar-refractivity contribution in [2.45, 2.75) is 76.5 Å². The molecule has 17 heavy (non-hydrogen) atoms. The minimum atomic E-state index is 0.471. The smallest absolute Gasteiger partial charge is 0.0116 e. The Kier molecular flexibility index (Phi) is 5.19. The SMILES string of the molecule is CCSCCC(C)N1C2CCCC1CC(N)C2. The van der Waals surface area contributed by atoms with Crippen LogP contribution in [-0.2, 0) is 0 Å². The van der Waals surface area contributed by atoms with E-state index in [1.807, 2.05) is 0 Å². The Morgan fingerprint density at radius 1 is 1.29 bits per heavy atom. The van der Waals surface area contributed by atoms with Crippen LogP contribution in [-0.4, -0.2) is 40.6 Å². The Morgan fingerprint density at radius 2 is 1.94 bits per heavy atom. The van der Waals surface area contributed by atoms with E-state index in [2.05, 4.69) is 30.5 Å². The van der Waals surface area contributed by atoms with E-state index in [1.165, 1.54) is 50.0 Å². The predicted octanol–water partition coefficient (Wildman–Crippen LogP) is 2.86. The molecular formula is C14H28N2S. The lowest BCUT2D eigenvalue weighted by molar-refractivity contribution is -0.000290. The number of nitrogens with zero attached hydrogens (tertiary/aromatic N) is 1. The number of fused-ring (bicyclic) bond motifs is 2. The van der Waals surface area contributed by atoms with Crippen molar-refractivity contribution in [1.29, 1.82) is 0 Å². The second-order valence-electron chi connectivity index (χ2n) is 5.75. The van der Waals surface area contributed by atoms with Gasteiger partial charge in [0.1, 0.15) is 0 Å². The maximum absolute atomic E-state index is 6.18. The van der Waals surface area contributed by atoms with Gasteiger partial charge in [0.2, 0.25) is 0 Å². The number of piperidine rings is 2. The molecule has 2 saturated heterocycles. The highest BCUT2D eigenvalue weighted by Gasteiger charge is 2.38. The predicted molar refractivity (Wildman–Crippen MR) is 77.6 cm³/mol. The van der Waals surface area contributed by atoms with Crippen molar-refractivity contribution in [3.05, 3.63) is 0 Å². The van der Waals surface area contributed by atoms with Crippen molar-refractivity contribution in [2.24, 2.45) is 5.73 Å². The molecule has 0 amide bonds. The van der Waals surface area contributed by atoms with Gasteiger partial charge >= 0.3 is 0 Å². The zero-order valence-corrected chi connectivity index (χ0v) is 12.2. The lowest BCUT2D eigenvalue weighted by Gasteiger charge is -2.51. The third-order valence-electron chi connectivity index (χ3n) is 4.46. The van der Waals surface area contributed by atoms with Gasteiger partial charge in [-0.2, -0.15) is 11.8 Å². The summed E-state index contributed by atoms with van der Waals surface area (Å²) in [5, 5.41) is 0. The zero-order valence-electron chi connectivity index (χ0n) is 11.4. The molecular weight excluding hydrogens is 228 g/mol. The lowest BCUT2D eigenvalue weighted by atomic mass is 9.81. The highest BCUT2D eigenvalue weighted by molar-refractivity contribution is 7.99. The Morgan fingerprint density at radius 3 is 2.53 bits per heavy atom. The molecule has 100 valence electrons. The maximum atomic E-state index is 6.18. The summed E-state index contributed by atoms with van der Waals surface area (Å²) in [5.74, 6) is 2.57. The average molecular weight is 256 g/mol. The molecule has 0 aromatic rings. The minimum absolute atomic E-state index is 0.471. The Balaban J connectivity index is 1.90. The van der Waals surface area contributed by atoms with Gasteiger partial charge in [-0.25, -0.2) is 0 Å². The number of hydrogen-bond donors (Lipinski definition) is 1. The first-order valence-corrected chi connectivity index (χ1v) is 8.48. The summed E-state index contributed by atoms with van der Waals surface area (Å²) in [4.78, 5) is 2.82. The first-order chi connectivity index (χ1) is 8.22. The Bertz CT molecular complexity index is 220. The molecule has 2 rings (SSSR count). The zero-order chi connectivity index (χ0) is 12.3. The monoisotopic (exact) mass is 256 g/mol. The molecule has 2 fully saturated rings. The standard InChI is InChI=1S/C14H28N2S/c1-3-17-8-7-11(2)16-13-5-4-6-14(16)10-12(15)9-13/h11-14H,3-10,15H2,1-2H3. The molecule has 0 aromatic carbocycles. The van der Waals surface area contributed by atoms with Crippen molar-refractivity contribution in [3.63, 3.8) is 0 Å². The van der Waals surface area contributed by atoms with E-state index >= 15 is 0 Å². The van der Waals surface area contributed by atoms with Crippen molar-refractivity contribution < 1.29 is 0 Å². The van der Waals surface area contributed by atoms with Gasteiger partial charge in [-0.15, -0.1) is 0 Å². The van der Waals surface area contributed by atoms with Gasteiger partial charge in [0, 0.05) is 24.2 Å². The number of hydrogen-bond acceptors (Lipinski definition) is 3. The van der Waals surface area contributed by atoms with Gasteiger partial charge < -0.3 is 5.73 Å². The third-order valence-corrected chi connectivity index (χ3v) is 5.39. The molecule has 3 unspecified atom stereocenters. The molecule has 0 aromatic heterocycles. The minimum Gasteiger partial charge on any atom is -0.328 e. The normalized spacial score (nSPS) is 35.8. The molecule has 0 radical (unpaired) electrons. The fourth-order valence-corrected chi connectivity index (χ4v) is 4.52. The molecule has 2 nitrogen and oxygen atoms in total. The van der Waals surface area contributed by atoms with Crippen molar-refractivity contribution >= 4 is 11.8 Å². The summed E-state index contributed by atoms with van der Waals surface area (Å²) in [6.45, 7) is 4.68. The average Bonchev–Trinajstić information content (AvgIpc) is 2.27. The van der Waals surface area contributed by atoms with Crippen LogP contribution in [0.25, 0.3) is 0 Å². The van der Waals surface area contributed by atoms with Crippen molar-refractivity contribution in [1.82, 2.24) is 4.90 Å². The highest BCUT2D eigenvalue weighted by atomic mass is 32.2. The summed E-state index contributed by atoms with van der Waals surface area (Å²) in [6, 6.07) is 2.81. The van der Waals surface area contributed by atoms with Crippen molar-refractivity contribution in [2.75, 3.05) is 11.5 Å². The molecule has 2 aliphatic rings. The van der Waals surface area contributed by atoms with E-state index in [4.69, 9.17) is 5.73 Å². The fourth-order valence-electron chi connectivity index (χ4n) is 3.73. The molecule has 2 heterocycles. The van der Waals surface area contributed by atoms with Crippen LogP contribution in [0.5, 0.6) is 0 Å². The molecule has 3 heteroatoms. The topological polar surface area (TPSA) is 29.3 Å². The molecule has 0 aliphatic carbocycles. The van der Waals surface area contributed by atoms with Gasteiger partial charge in [0.05, 0.1) is 0 Å². The highest BCUT2D eigenvalue weighted by Crippen LogP contribution is 2.35. The fraction of sp³-hybridized carbons (Fsp3) is 1.00. The van der Waals surface area contributed by atoms with Gasteiger partial charge in [-0.3, -0.25) is 4.90 Å². The molecule has 0 saturated carbocycles. The van der Waals surface area contributed by atoms with Crippen LogP contribution in [0.15, 0.2) is 0 Å². The van der Waals surface area contributed by atoms with Gasteiger partial charge in [-0.05, 0) is 50.5 Å². The number of rotatable bonds is 5. The molecule has 2 N–H and O–H groups in total. The summed E-state index contributed by atoms with van der Waals surface area (Å²) in [6.07, 6.45) is 8.02. The summed E-state index contributed by atoms with van der Waals surface area (Å²) in [7, 11) is 0. The molecule has 3 atom stereocenters. The third kappa shape index (κ3) is 3.39. The molecule has 2 bridgehead atoms. The molecule has 2 aliphatic heterocycles. The van der Waals surface area contributed by atoms with Crippen molar-refractivity contribution in [3.8, 4) is 0 Å².